The second-order valence-electron chi connectivity index (χ2n) is 6.98. The Labute approximate surface area is 191 Å². The second-order valence-corrected chi connectivity index (χ2v) is 8.44. The molecule has 31 heavy (non-hydrogen) atoms. The van der Waals surface area contributed by atoms with Gasteiger partial charge in [-0.3, -0.25) is 0 Å². The van der Waals surface area contributed by atoms with Gasteiger partial charge in [0.05, 0.1) is 6.54 Å². The summed E-state index contributed by atoms with van der Waals surface area (Å²) in [6.07, 6.45) is 0. The van der Waals surface area contributed by atoms with Crippen molar-refractivity contribution >= 4 is 34.8 Å². The Balaban J connectivity index is 1.25. The van der Waals surface area contributed by atoms with E-state index in [1.54, 1.807) is 0 Å². The number of aryl methyl sites for hydroxylation is 1. The summed E-state index contributed by atoms with van der Waals surface area (Å²) in [5, 5.41) is 10.8. The molecule has 156 valence electrons. The summed E-state index contributed by atoms with van der Waals surface area (Å²) in [6, 6.07) is 26.6. The number of rotatable bonds is 7. The minimum Gasteiger partial charge on any atom is -0.353 e. The smallest absolute Gasteiger partial charge is 0.246 e. The van der Waals surface area contributed by atoms with E-state index in [1.165, 1.54) is 16.0 Å². The van der Waals surface area contributed by atoms with E-state index in [0.717, 1.165) is 17.0 Å². The second kappa shape index (κ2) is 10.2. The summed E-state index contributed by atoms with van der Waals surface area (Å²) in [6.45, 7) is 2.40. The van der Waals surface area contributed by atoms with E-state index in [4.69, 9.17) is 16.7 Å². The maximum absolute atomic E-state index is 5.38. The zero-order valence-corrected chi connectivity index (χ0v) is 18.7. The van der Waals surface area contributed by atoms with Crippen molar-refractivity contribution in [2.45, 2.75) is 24.1 Å². The lowest BCUT2D eigenvalue weighted by molar-refractivity contribution is 0.376. The first kappa shape index (κ1) is 21.1. The van der Waals surface area contributed by atoms with Gasteiger partial charge in [-0.25, -0.2) is 0 Å². The monoisotopic (exact) mass is 446 g/mol. The summed E-state index contributed by atoms with van der Waals surface area (Å²) < 4.78 is 5.32. The molecular weight excluding hydrogens is 424 g/mol. The summed E-state index contributed by atoms with van der Waals surface area (Å²) in [7, 11) is 0. The number of hydrogen-bond acceptors (Lipinski definition) is 5. The number of thiocarbonyl (C=S) groups is 1. The molecule has 0 saturated heterocycles. The molecule has 0 aliphatic heterocycles. The van der Waals surface area contributed by atoms with Crippen LogP contribution in [0.2, 0.25) is 0 Å². The standard InChI is InChI=1S/C24H22N4OS2/c1-17-7-11-19(12-8-17)23-27-22(29-28-23)15-25-24(30)26-20-13-9-18(10-14-20)16-31-21-5-3-2-4-6-21/h2-14H,15-16H2,1H3,(H2,25,26,30). The fraction of sp³-hybridized carbons (Fsp3) is 0.125. The lowest BCUT2D eigenvalue weighted by Crippen LogP contribution is -2.28. The van der Waals surface area contributed by atoms with Gasteiger partial charge < -0.3 is 15.2 Å². The van der Waals surface area contributed by atoms with Crippen molar-refractivity contribution in [3.63, 3.8) is 0 Å². The largest absolute Gasteiger partial charge is 0.353 e. The Morgan fingerprint density at radius 3 is 2.45 bits per heavy atom. The van der Waals surface area contributed by atoms with E-state index in [2.05, 4.69) is 57.2 Å². The number of hydrogen-bond donors (Lipinski definition) is 2. The normalized spacial score (nSPS) is 10.6. The third-order valence-corrected chi connectivity index (χ3v) is 5.87. The van der Waals surface area contributed by atoms with Crippen LogP contribution in [0.3, 0.4) is 0 Å². The molecule has 7 heteroatoms. The van der Waals surface area contributed by atoms with Crippen molar-refractivity contribution in [3.05, 3.63) is 95.9 Å². The summed E-state index contributed by atoms with van der Waals surface area (Å²) in [5.74, 6) is 1.97. The molecule has 0 bridgehead atoms. The lowest BCUT2D eigenvalue weighted by Gasteiger charge is -2.09. The van der Waals surface area contributed by atoms with Crippen molar-refractivity contribution in [3.8, 4) is 11.4 Å². The van der Waals surface area contributed by atoms with E-state index in [0.29, 0.717) is 23.4 Å². The van der Waals surface area contributed by atoms with Gasteiger partial charge in [-0.1, -0.05) is 65.3 Å². The van der Waals surface area contributed by atoms with Gasteiger partial charge in [0.2, 0.25) is 11.7 Å². The number of nitrogens with one attached hydrogen (secondary N) is 2. The van der Waals surface area contributed by atoms with Crippen molar-refractivity contribution in [2.24, 2.45) is 0 Å². The van der Waals surface area contributed by atoms with Gasteiger partial charge in [0, 0.05) is 21.9 Å². The highest BCUT2D eigenvalue weighted by molar-refractivity contribution is 7.98. The number of benzene rings is 3. The highest BCUT2D eigenvalue weighted by Crippen LogP contribution is 2.23. The molecule has 1 aromatic heterocycles. The molecule has 0 saturated carbocycles. The van der Waals surface area contributed by atoms with Gasteiger partial charge in [0.1, 0.15) is 0 Å². The van der Waals surface area contributed by atoms with E-state index < -0.39 is 0 Å². The summed E-state index contributed by atoms with van der Waals surface area (Å²) in [5.41, 5.74) is 4.30. The molecule has 0 unspecified atom stereocenters. The maximum atomic E-state index is 5.38. The first-order valence-corrected chi connectivity index (χ1v) is 11.3. The highest BCUT2D eigenvalue weighted by Gasteiger charge is 2.09. The molecule has 0 atom stereocenters. The molecule has 5 nitrogen and oxygen atoms in total. The van der Waals surface area contributed by atoms with Crippen LogP contribution in [0, 0.1) is 6.92 Å². The summed E-state index contributed by atoms with van der Waals surface area (Å²) >= 11 is 7.20. The SMILES string of the molecule is Cc1ccc(-c2noc(CNC(=S)Nc3ccc(CSc4ccccc4)cc3)n2)cc1. The third kappa shape index (κ3) is 6.16. The summed E-state index contributed by atoms with van der Waals surface area (Å²) in [4.78, 5) is 5.68. The number of thioether (sulfide) groups is 1. The van der Waals surface area contributed by atoms with Gasteiger partial charge in [-0.15, -0.1) is 11.8 Å². The van der Waals surface area contributed by atoms with Gasteiger partial charge >= 0.3 is 0 Å². The first-order chi connectivity index (χ1) is 15.2. The quantitative estimate of drug-likeness (QED) is 0.274. The molecule has 0 fully saturated rings. The predicted octanol–water partition coefficient (Wildman–Crippen LogP) is 5.82. The van der Waals surface area contributed by atoms with Crippen LogP contribution in [0.25, 0.3) is 11.4 Å². The number of aromatic nitrogens is 2. The number of nitrogens with zero attached hydrogens (tertiary/aromatic N) is 2. The van der Waals surface area contributed by atoms with Crippen molar-refractivity contribution in [1.82, 2.24) is 15.5 Å². The predicted molar refractivity (Wildman–Crippen MR) is 130 cm³/mol. The third-order valence-electron chi connectivity index (χ3n) is 4.54. The molecule has 2 N–H and O–H groups in total. The van der Waals surface area contributed by atoms with Crippen LogP contribution in [0.5, 0.6) is 0 Å². The van der Waals surface area contributed by atoms with Crippen LogP contribution in [-0.4, -0.2) is 15.3 Å². The lowest BCUT2D eigenvalue weighted by atomic mass is 10.1. The minimum absolute atomic E-state index is 0.358. The molecule has 3 aromatic carbocycles. The number of anilines is 1. The van der Waals surface area contributed by atoms with E-state index in [1.807, 2.05) is 61.2 Å². The van der Waals surface area contributed by atoms with E-state index >= 15 is 0 Å². The zero-order chi connectivity index (χ0) is 21.5. The maximum Gasteiger partial charge on any atom is 0.246 e. The molecule has 0 radical (unpaired) electrons. The van der Waals surface area contributed by atoms with Gasteiger partial charge in [-0.05, 0) is 49.0 Å². The average molecular weight is 447 g/mol. The Kier molecular flexibility index (Phi) is 6.96. The van der Waals surface area contributed by atoms with E-state index in [9.17, 15) is 0 Å². The Morgan fingerprint density at radius 2 is 1.71 bits per heavy atom. The van der Waals surface area contributed by atoms with Crippen LogP contribution in [0.4, 0.5) is 5.69 Å². The average Bonchev–Trinajstić information content (AvgIpc) is 3.28. The topological polar surface area (TPSA) is 63.0 Å². The molecule has 0 spiro atoms. The molecule has 1 heterocycles. The first-order valence-electron chi connectivity index (χ1n) is 9.87. The van der Waals surface area contributed by atoms with Crippen LogP contribution in [-0.2, 0) is 12.3 Å². The molecule has 0 aliphatic rings. The molecular formula is C24H22N4OS2. The van der Waals surface area contributed by atoms with Gasteiger partial charge in [0.15, 0.2) is 5.11 Å². The fourth-order valence-electron chi connectivity index (χ4n) is 2.85. The Bertz CT molecular complexity index is 1130. The molecule has 4 aromatic rings. The fourth-order valence-corrected chi connectivity index (χ4v) is 3.91. The van der Waals surface area contributed by atoms with Crippen molar-refractivity contribution in [2.75, 3.05) is 5.32 Å². The van der Waals surface area contributed by atoms with Gasteiger partial charge in [0.25, 0.3) is 0 Å². The van der Waals surface area contributed by atoms with E-state index in [-0.39, 0.29) is 0 Å². The van der Waals surface area contributed by atoms with Crippen molar-refractivity contribution in [1.29, 1.82) is 0 Å². The molecule has 0 amide bonds. The Morgan fingerprint density at radius 1 is 0.968 bits per heavy atom. The van der Waals surface area contributed by atoms with Gasteiger partial charge in [-0.2, -0.15) is 4.98 Å². The van der Waals surface area contributed by atoms with Crippen LogP contribution >= 0.6 is 24.0 Å². The Hall–Kier alpha value is -3.16. The minimum atomic E-state index is 0.358. The highest BCUT2D eigenvalue weighted by atomic mass is 32.2. The molecule has 4 rings (SSSR count). The molecule has 0 aliphatic carbocycles. The zero-order valence-electron chi connectivity index (χ0n) is 17.0. The van der Waals surface area contributed by atoms with Crippen LogP contribution in [0.15, 0.2) is 88.3 Å². The van der Waals surface area contributed by atoms with Crippen LogP contribution < -0.4 is 10.6 Å². The van der Waals surface area contributed by atoms with Crippen molar-refractivity contribution < 1.29 is 4.52 Å². The van der Waals surface area contributed by atoms with Crippen LogP contribution in [0.1, 0.15) is 17.0 Å².